The van der Waals surface area contributed by atoms with Gasteiger partial charge in [0.05, 0.1) is 15.1 Å². The Hall–Kier alpha value is -0.520. The number of rotatable bonds is 3. The number of aliphatic hydroxyl groups is 2. The van der Waals surface area contributed by atoms with E-state index in [0.717, 1.165) is 0 Å². The van der Waals surface area contributed by atoms with Crippen LogP contribution in [0.1, 0.15) is 11.7 Å². The zero-order valence-electron chi connectivity index (χ0n) is 7.69. The van der Waals surface area contributed by atoms with Gasteiger partial charge in [-0.3, -0.25) is 0 Å². The molecule has 16 heavy (non-hydrogen) atoms. The summed E-state index contributed by atoms with van der Waals surface area (Å²) in [6.45, 7) is 0. The molecule has 0 amide bonds. The molecule has 0 fully saturated rings. The fourth-order valence-electron chi connectivity index (χ4n) is 1.06. The Morgan fingerprint density at radius 1 is 1.12 bits per heavy atom. The van der Waals surface area contributed by atoms with Gasteiger partial charge in [-0.15, -0.1) is 0 Å². The van der Waals surface area contributed by atoms with Gasteiger partial charge < -0.3 is 15.3 Å². The van der Waals surface area contributed by atoms with Crippen molar-refractivity contribution in [2.24, 2.45) is 0 Å². The zero-order valence-corrected chi connectivity index (χ0v) is 9.96. The molecule has 0 saturated carbocycles. The lowest BCUT2D eigenvalue weighted by Crippen LogP contribution is -2.27. The van der Waals surface area contributed by atoms with Crippen molar-refractivity contribution < 1.29 is 20.1 Å². The topological polar surface area (TPSA) is 77.8 Å². The molecule has 0 saturated heterocycles. The van der Waals surface area contributed by atoms with Crippen molar-refractivity contribution in [3.8, 4) is 0 Å². The lowest BCUT2D eigenvalue weighted by Gasteiger charge is -2.15. The molecule has 7 heteroatoms. The monoisotopic (exact) mass is 284 g/mol. The van der Waals surface area contributed by atoms with Crippen LogP contribution in [0.2, 0.25) is 15.1 Å². The van der Waals surface area contributed by atoms with Crippen LogP contribution in [0.5, 0.6) is 0 Å². The Labute approximate surface area is 106 Å². The lowest BCUT2D eigenvalue weighted by atomic mass is 10.0. The molecule has 0 spiro atoms. The van der Waals surface area contributed by atoms with Gasteiger partial charge in [0, 0.05) is 0 Å². The van der Waals surface area contributed by atoms with Crippen molar-refractivity contribution in [1.29, 1.82) is 0 Å². The molecule has 0 aromatic heterocycles. The van der Waals surface area contributed by atoms with Gasteiger partial charge in [0.1, 0.15) is 6.10 Å². The van der Waals surface area contributed by atoms with E-state index in [-0.39, 0.29) is 20.6 Å². The molecule has 0 radical (unpaired) electrons. The summed E-state index contributed by atoms with van der Waals surface area (Å²) >= 11 is 17.1. The highest BCUT2D eigenvalue weighted by atomic mass is 35.5. The molecular formula is C9H7Cl3O4. The Morgan fingerprint density at radius 2 is 1.56 bits per heavy atom. The van der Waals surface area contributed by atoms with Crippen LogP contribution in [0, 0.1) is 0 Å². The summed E-state index contributed by atoms with van der Waals surface area (Å²) in [5.74, 6) is -1.55. The van der Waals surface area contributed by atoms with Gasteiger partial charge in [-0.1, -0.05) is 34.8 Å². The third-order valence-corrected chi connectivity index (χ3v) is 3.10. The van der Waals surface area contributed by atoms with Crippen molar-refractivity contribution in [2.75, 3.05) is 0 Å². The van der Waals surface area contributed by atoms with E-state index in [0.29, 0.717) is 0 Å². The van der Waals surface area contributed by atoms with Gasteiger partial charge in [-0.2, -0.15) is 0 Å². The summed E-state index contributed by atoms with van der Waals surface area (Å²) in [5, 5.41) is 27.4. The van der Waals surface area contributed by atoms with E-state index in [1.165, 1.54) is 12.1 Å². The molecule has 3 N–H and O–H groups in total. The van der Waals surface area contributed by atoms with Crippen molar-refractivity contribution >= 4 is 40.8 Å². The first kappa shape index (κ1) is 13.5. The first-order valence-electron chi connectivity index (χ1n) is 4.08. The predicted molar refractivity (Wildman–Crippen MR) is 60.1 cm³/mol. The zero-order chi connectivity index (χ0) is 12.5. The van der Waals surface area contributed by atoms with Crippen molar-refractivity contribution in [1.82, 2.24) is 0 Å². The van der Waals surface area contributed by atoms with Crippen LogP contribution in [0.3, 0.4) is 0 Å². The fraction of sp³-hybridized carbons (Fsp3) is 0.222. The Morgan fingerprint density at radius 3 is 1.94 bits per heavy atom. The average Bonchev–Trinajstić information content (AvgIpc) is 2.22. The molecule has 1 aromatic carbocycles. The Balaban J connectivity index is 3.10. The first-order valence-corrected chi connectivity index (χ1v) is 5.21. The van der Waals surface area contributed by atoms with Gasteiger partial charge in [-0.05, 0) is 17.7 Å². The summed E-state index contributed by atoms with van der Waals surface area (Å²) in [5.41, 5.74) is 0.0781. The molecule has 88 valence electrons. The second-order valence-corrected chi connectivity index (χ2v) is 4.22. The van der Waals surface area contributed by atoms with Gasteiger partial charge in [0.25, 0.3) is 0 Å². The second-order valence-electron chi connectivity index (χ2n) is 3.03. The number of aliphatic hydroxyl groups excluding tert-OH is 2. The molecule has 1 rings (SSSR count). The highest BCUT2D eigenvalue weighted by Gasteiger charge is 2.26. The summed E-state index contributed by atoms with van der Waals surface area (Å²) in [6.07, 6.45) is -3.57. The van der Waals surface area contributed by atoms with E-state index < -0.39 is 18.2 Å². The number of carboxylic acid groups (broad SMARTS) is 1. The summed E-state index contributed by atoms with van der Waals surface area (Å²) in [7, 11) is 0. The Kier molecular flexibility index (Phi) is 4.41. The van der Waals surface area contributed by atoms with Gasteiger partial charge >= 0.3 is 5.97 Å². The smallest absolute Gasteiger partial charge is 0.335 e. The van der Waals surface area contributed by atoms with E-state index in [9.17, 15) is 9.90 Å². The van der Waals surface area contributed by atoms with Crippen LogP contribution in [0.4, 0.5) is 0 Å². The minimum atomic E-state index is -1.95. The number of hydrogen-bond donors (Lipinski definition) is 3. The van der Waals surface area contributed by atoms with Gasteiger partial charge in [0.15, 0.2) is 6.10 Å². The summed E-state index contributed by atoms with van der Waals surface area (Å²) in [6, 6.07) is 2.49. The largest absolute Gasteiger partial charge is 0.479 e. The highest BCUT2D eigenvalue weighted by molar-refractivity contribution is 6.48. The van der Waals surface area contributed by atoms with Gasteiger partial charge in [-0.25, -0.2) is 4.79 Å². The predicted octanol–water partition coefficient (Wildman–Crippen LogP) is 2.13. The maximum Gasteiger partial charge on any atom is 0.335 e. The molecule has 0 bridgehead atoms. The Bertz CT molecular complexity index is 398. The number of aliphatic carboxylic acids is 1. The molecule has 1 aromatic rings. The first-order chi connectivity index (χ1) is 7.34. The second kappa shape index (κ2) is 5.21. The van der Waals surface area contributed by atoms with Crippen LogP contribution in [0.15, 0.2) is 12.1 Å². The van der Waals surface area contributed by atoms with E-state index in [4.69, 9.17) is 45.0 Å². The maximum absolute atomic E-state index is 10.4. The molecular weight excluding hydrogens is 278 g/mol. The molecule has 4 nitrogen and oxygen atoms in total. The van der Waals surface area contributed by atoms with Gasteiger partial charge in [0.2, 0.25) is 0 Å². The highest BCUT2D eigenvalue weighted by Crippen LogP contribution is 2.33. The van der Waals surface area contributed by atoms with Crippen LogP contribution in [-0.4, -0.2) is 27.4 Å². The quantitative estimate of drug-likeness (QED) is 0.743. The van der Waals surface area contributed by atoms with Crippen molar-refractivity contribution in [3.05, 3.63) is 32.8 Å². The molecule has 0 aliphatic carbocycles. The number of halogens is 3. The standard InChI is InChI=1S/C9H7Cl3O4/c10-4-1-3(2-5(11)6(4)12)7(13)8(14)9(15)16/h1-2,7-8,13-14H,(H,15,16). The van der Waals surface area contributed by atoms with E-state index in [2.05, 4.69) is 0 Å². The fourth-order valence-corrected chi connectivity index (χ4v) is 1.68. The molecule has 0 heterocycles. The minimum Gasteiger partial charge on any atom is -0.479 e. The SMILES string of the molecule is O=C(O)C(O)C(O)c1cc(Cl)c(Cl)c(Cl)c1. The molecule has 0 aliphatic rings. The van der Waals surface area contributed by atoms with E-state index >= 15 is 0 Å². The third kappa shape index (κ3) is 2.78. The maximum atomic E-state index is 10.4. The van der Waals surface area contributed by atoms with Crippen molar-refractivity contribution in [2.45, 2.75) is 12.2 Å². The van der Waals surface area contributed by atoms with E-state index in [1.807, 2.05) is 0 Å². The van der Waals surface area contributed by atoms with Crippen LogP contribution < -0.4 is 0 Å². The third-order valence-electron chi connectivity index (χ3n) is 1.90. The summed E-state index contributed by atoms with van der Waals surface area (Å²) < 4.78 is 0. The lowest BCUT2D eigenvalue weighted by molar-refractivity contribution is -0.153. The van der Waals surface area contributed by atoms with Crippen molar-refractivity contribution in [3.63, 3.8) is 0 Å². The number of carbonyl (C=O) groups is 1. The molecule has 2 unspecified atom stereocenters. The minimum absolute atomic E-state index is 0.0702. The van der Waals surface area contributed by atoms with Crippen LogP contribution in [-0.2, 0) is 4.79 Å². The van der Waals surface area contributed by atoms with Crippen LogP contribution in [0.25, 0.3) is 0 Å². The normalized spacial score (nSPS) is 14.6. The average molecular weight is 286 g/mol. The number of carboxylic acids is 1. The van der Waals surface area contributed by atoms with Crippen LogP contribution >= 0.6 is 34.8 Å². The molecule has 0 aliphatic heterocycles. The summed E-state index contributed by atoms with van der Waals surface area (Å²) in [4.78, 5) is 10.4. The number of benzene rings is 1. The molecule has 2 atom stereocenters. The number of hydrogen-bond acceptors (Lipinski definition) is 3. The van der Waals surface area contributed by atoms with E-state index in [1.54, 1.807) is 0 Å².